The summed E-state index contributed by atoms with van der Waals surface area (Å²) in [6, 6.07) is 10.5. The van der Waals surface area contributed by atoms with Gasteiger partial charge in [0.1, 0.15) is 29.3 Å². The van der Waals surface area contributed by atoms with Crippen LogP contribution in [0.5, 0.6) is 5.75 Å². The second-order valence-electron chi connectivity index (χ2n) is 10.9. The maximum absolute atomic E-state index is 14.6. The molecule has 1 aliphatic carbocycles. The first kappa shape index (κ1) is 27.6. The minimum absolute atomic E-state index is 0.0136. The third-order valence-electron chi connectivity index (χ3n) is 7.84. The highest BCUT2D eigenvalue weighted by molar-refractivity contribution is 5.98. The molecule has 2 aromatic carbocycles. The predicted molar refractivity (Wildman–Crippen MR) is 142 cm³/mol. The monoisotopic (exact) mass is 583 g/mol. The van der Waals surface area contributed by atoms with Crippen LogP contribution < -0.4 is 15.8 Å². The van der Waals surface area contributed by atoms with Crippen LogP contribution in [0, 0.1) is 5.82 Å². The first-order chi connectivity index (χ1) is 19.8. The fourth-order valence-electron chi connectivity index (χ4n) is 4.96. The molecule has 0 bridgehead atoms. The van der Waals surface area contributed by atoms with Crippen LogP contribution in [0.4, 0.5) is 17.6 Å². The van der Waals surface area contributed by atoms with Gasteiger partial charge in [0.2, 0.25) is 11.5 Å². The second-order valence-corrected chi connectivity index (χ2v) is 10.9. The van der Waals surface area contributed by atoms with Crippen LogP contribution in [-0.4, -0.2) is 51.0 Å². The normalized spacial score (nSPS) is 19.7. The van der Waals surface area contributed by atoms with Gasteiger partial charge in [-0.05, 0) is 68.3 Å². The number of fused-ring (bicyclic) bond motifs is 2. The number of ether oxygens (including phenoxy) is 1. The van der Waals surface area contributed by atoms with E-state index in [-0.39, 0.29) is 34.7 Å². The Hall–Kier alpha value is -4.52. The van der Waals surface area contributed by atoms with Crippen LogP contribution in [0.3, 0.4) is 0 Å². The number of benzene rings is 2. The quantitative estimate of drug-likeness (QED) is 0.283. The van der Waals surface area contributed by atoms with Gasteiger partial charge in [0, 0.05) is 28.3 Å². The summed E-state index contributed by atoms with van der Waals surface area (Å²) in [6.45, 7) is -0.176. The van der Waals surface area contributed by atoms with E-state index in [1.807, 2.05) is 0 Å². The summed E-state index contributed by atoms with van der Waals surface area (Å²) in [5.74, 6) is -2.33. The lowest BCUT2D eigenvalue weighted by molar-refractivity contribution is -0.265. The minimum atomic E-state index is -5.32. The highest BCUT2D eigenvalue weighted by Gasteiger charge is 2.57. The lowest BCUT2D eigenvalue weighted by Gasteiger charge is -2.31. The zero-order valence-electron chi connectivity index (χ0n) is 22.2. The van der Waals surface area contributed by atoms with Gasteiger partial charge in [-0.25, -0.2) is 9.37 Å². The molecule has 13 heteroatoms. The number of amides is 2. The molecule has 42 heavy (non-hydrogen) atoms. The number of rotatable bonds is 7. The predicted octanol–water partition coefficient (Wildman–Crippen LogP) is 3.89. The van der Waals surface area contributed by atoms with Gasteiger partial charge in [-0.15, -0.1) is 0 Å². The molecule has 6 rings (SSSR count). The van der Waals surface area contributed by atoms with Gasteiger partial charge in [-0.2, -0.15) is 18.3 Å². The Morgan fingerprint density at radius 3 is 2.52 bits per heavy atom. The number of pyridine rings is 1. The molecule has 3 heterocycles. The zero-order valence-corrected chi connectivity index (χ0v) is 22.2. The van der Waals surface area contributed by atoms with Crippen molar-refractivity contribution in [3.05, 3.63) is 77.4 Å². The third kappa shape index (κ3) is 4.53. The molecule has 1 aliphatic heterocycles. The zero-order chi connectivity index (χ0) is 30.0. The van der Waals surface area contributed by atoms with Crippen LogP contribution in [0.15, 0.2) is 54.7 Å². The van der Waals surface area contributed by atoms with Crippen molar-refractivity contribution in [2.45, 2.75) is 43.0 Å². The van der Waals surface area contributed by atoms with Crippen LogP contribution >= 0.6 is 0 Å². The van der Waals surface area contributed by atoms with Crippen LogP contribution in [0.25, 0.3) is 22.2 Å². The number of carbonyl (C=O) groups excluding carboxylic acids is 2. The summed E-state index contributed by atoms with van der Waals surface area (Å²) in [4.78, 5) is 29.5. The summed E-state index contributed by atoms with van der Waals surface area (Å²) in [7, 11) is 0. The highest BCUT2D eigenvalue weighted by Crippen LogP contribution is 2.47. The molecule has 2 amide bonds. The van der Waals surface area contributed by atoms with E-state index < -0.39 is 47.1 Å². The van der Waals surface area contributed by atoms with Crippen molar-refractivity contribution in [2.75, 3.05) is 13.2 Å². The Balaban J connectivity index is 1.38. The summed E-state index contributed by atoms with van der Waals surface area (Å²) >= 11 is 0. The largest absolute Gasteiger partial charge is 0.489 e. The molecular formula is C29H25F4N5O4. The number of aliphatic hydroxyl groups is 1. The Labute approximate surface area is 236 Å². The molecule has 1 unspecified atom stereocenters. The number of nitrogens with zero attached hydrogens (tertiary/aromatic N) is 3. The third-order valence-corrected chi connectivity index (χ3v) is 7.84. The Kier molecular flexibility index (Phi) is 6.26. The van der Waals surface area contributed by atoms with Crippen molar-refractivity contribution < 1.29 is 37.0 Å². The number of halogens is 4. The number of nitrogens with two attached hydrogens (primary N) is 1. The van der Waals surface area contributed by atoms with Gasteiger partial charge < -0.3 is 20.9 Å². The highest BCUT2D eigenvalue weighted by atomic mass is 19.4. The first-order valence-electron chi connectivity index (χ1n) is 13.1. The van der Waals surface area contributed by atoms with Crippen LogP contribution in [-0.2, 0) is 15.8 Å². The molecule has 1 saturated carbocycles. The maximum Gasteiger partial charge on any atom is 0.424 e. The number of hydrogen-bond acceptors (Lipinski definition) is 6. The van der Waals surface area contributed by atoms with Gasteiger partial charge in [-0.3, -0.25) is 14.3 Å². The number of hydrogen-bond donors (Lipinski definition) is 3. The van der Waals surface area contributed by atoms with E-state index in [1.165, 1.54) is 31.2 Å². The molecule has 4 aromatic rings. The molecule has 0 saturated heterocycles. The number of primary amides is 1. The number of aromatic nitrogens is 3. The minimum Gasteiger partial charge on any atom is -0.489 e. The molecule has 2 aromatic heterocycles. The summed E-state index contributed by atoms with van der Waals surface area (Å²) in [6.07, 6.45) is -1.54. The standard InChI is InChI=1S/C29H25F4N5O4/c1-27(26(34)40)14-42-24-20(27)11-22(36-23(24)15-2-5-18(30)6-3-15)28(41,29(31,32)33)13-35-25(39)16-4-9-21-17(10-16)12-38(37-21)19-7-8-19/h2-6,9-12,19,41H,7-8,13-14H2,1H3,(H2,34,40)(H,35,39)/t27-,28?/m0/s1. The molecule has 0 spiro atoms. The molecule has 1 fully saturated rings. The smallest absolute Gasteiger partial charge is 0.424 e. The summed E-state index contributed by atoms with van der Waals surface area (Å²) < 4.78 is 64.9. The lowest BCUT2D eigenvalue weighted by Crippen LogP contribution is -2.51. The molecule has 2 atom stereocenters. The number of nitrogens with one attached hydrogen (secondary N) is 1. The van der Waals surface area contributed by atoms with Crippen LogP contribution in [0.2, 0.25) is 0 Å². The van der Waals surface area contributed by atoms with E-state index in [0.717, 1.165) is 31.0 Å². The van der Waals surface area contributed by atoms with Gasteiger partial charge in [0.15, 0.2) is 0 Å². The number of alkyl halides is 3. The molecular weight excluding hydrogens is 558 g/mol. The maximum atomic E-state index is 14.6. The van der Waals surface area contributed by atoms with Crippen molar-refractivity contribution in [3.63, 3.8) is 0 Å². The fourth-order valence-corrected chi connectivity index (χ4v) is 4.96. The Bertz CT molecular complexity index is 1730. The van der Waals surface area contributed by atoms with Crippen molar-refractivity contribution in [3.8, 4) is 17.0 Å². The fraction of sp³-hybridized carbons (Fsp3) is 0.310. The molecule has 2 aliphatic rings. The topological polar surface area (TPSA) is 132 Å². The SMILES string of the molecule is C[C@]1(C(N)=O)COc2c1cc(C(O)(CNC(=O)c1ccc3nn(C4CC4)cc3c1)C(F)(F)F)nc2-c1ccc(F)cc1. The van der Waals surface area contributed by atoms with Crippen molar-refractivity contribution in [1.82, 2.24) is 20.1 Å². The molecule has 0 radical (unpaired) electrons. The molecule has 4 N–H and O–H groups in total. The Morgan fingerprint density at radius 2 is 1.88 bits per heavy atom. The van der Waals surface area contributed by atoms with Crippen molar-refractivity contribution in [2.24, 2.45) is 5.73 Å². The van der Waals surface area contributed by atoms with Gasteiger partial charge in [0.25, 0.3) is 5.91 Å². The first-order valence-corrected chi connectivity index (χ1v) is 13.1. The van der Waals surface area contributed by atoms with Crippen molar-refractivity contribution >= 4 is 22.7 Å². The Morgan fingerprint density at radius 1 is 1.17 bits per heavy atom. The van der Waals surface area contributed by atoms with Crippen LogP contribution in [0.1, 0.15) is 47.4 Å². The molecule has 9 nitrogen and oxygen atoms in total. The molecule has 218 valence electrons. The average Bonchev–Trinajstić information content (AvgIpc) is 3.62. The van der Waals surface area contributed by atoms with E-state index in [1.54, 1.807) is 16.9 Å². The average molecular weight is 584 g/mol. The van der Waals surface area contributed by atoms with Gasteiger partial charge >= 0.3 is 6.18 Å². The van der Waals surface area contributed by atoms with E-state index in [2.05, 4.69) is 15.4 Å². The van der Waals surface area contributed by atoms with E-state index in [0.29, 0.717) is 16.9 Å². The lowest BCUT2D eigenvalue weighted by atomic mass is 9.81. The summed E-state index contributed by atoms with van der Waals surface area (Å²) in [5, 5.41) is 18.5. The van der Waals surface area contributed by atoms with E-state index in [4.69, 9.17) is 10.5 Å². The summed E-state index contributed by atoms with van der Waals surface area (Å²) in [5.41, 5.74) is 0.179. The van der Waals surface area contributed by atoms with E-state index >= 15 is 0 Å². The van der Waals surface area contributed by atoms with E-state index in [9.17, 15) is 32.3 Å². The van der Waals surface area contributed by atoms with Crippen molar-refractivity contribution in [1.29, 1.82) is 0 Å². The van der Waals surface area contributed by atoms with Gasteiger partial charge in [-0.1, -0.05) is 0 Å². The van der Waals surface area contributed by atoms with Gasteiger partial charge in [0.05, 0.1) is 23.8 Å². The second kappa shape index (κ2) is 9.51. The number of carbonyl (C=O) groups is 2.